The van der Waals surface area contributed by atoms with Gasteiger partial charge in [0.15, 0.2) is 0 Å². The standard InChI is InChI=1S/C15H10NO/c17-15-10-13(11-6-2-1-3-7-11)12-8-4-5-9-14(12)16-15/h1-9H,(H,16,17). The van der Waals surface area contributed by atoms with Gasteiger partial charge in [0.2, 0.25) is 5.88 Å². The molecule has 0 aliphatic heterocycles. The third-order valence-electron chi connectivity index (χ3n) is 2.70. The monoisotopic (exact) mass is 220 g/mol. The highest BCUT2D eigenvalue weighted by Crippen LogP contribution is 2.29. The summed E-state index contributed by atoms with van der Waals surface area (Å²) in [5.74, 6) is -0.0671. The Bertz CT molecular complexity index is 662. The van der Waals surface area contributed by atoms with Crippen molar-refractivity contribution in [2.75, 3.05) is 0 Å². The number of rotatable bonds is 1. The van der Waals surface area contributed by atoms with Gasteiger partial charge in [-0.1, -0.05) is 48.5 Å². The maximum absolute atomic E-state index is 9.61. The molecule has 2 heteroatoms. The summed E-state index contributed by atoms with van der Waals surface area (Å²) >= 11 is 0. The lowest BCUT2D eigenvalue weighted by Crippen LogP contribution is -1.85. The first-order valence-electron chi connectivity index (χ1n) is 5.41. The first-order chi connectivity index (χ1) is 8.34. The van der Waals surface area contributed by atoms with Crippen molar-refractivity contribution < 1.29 is 5.11 Å². The fourth-order valence-corrected chi connectivity index (χ4v) is 1.94. The second-order valence-electron chi connectivity index (χ2n) is 3.82. The SMILES string of the molecule is Oc1[c]c(-c2ccccc2)c2ccccc2n1. The molecule has 17 heavy (non-hydrogen) atoms. The molecule has 81 valence electrons. The van der Waals surface area contributed by atoms with Crippen LogP contribution in [-0.4, -0.2) is 10.1 Å². The normalized spacial score (nSPS) is 10.6. The number of hydrogen-bond acceptors (Lipinski definition) is 2. The topological polar surface area (TPSA) is 33.1 Å². The molecule has 0 saturated heterocycles. The smallest absolute Gasteiger partial charge is 0.220 e. The van der Waals surface area contributed by atoms with Crippen LogP contribution in [0.2, 0.25) is 0 Å². The van der Waals surface area contributed by atoms with Crippen molar-refractivity contribution >= 4 is 10.9 Å². The molecule has 0 spiro atoms. The van der Waals surface area contributed by atoms with Crippen LogP contribution in [0.15, 0.2) is 54.6 Å². The van der Waals surface area contributed by atoms with E-state index in [2.05, 4.69) is 11.1 Å². The lowest BCUT2D eigenvalue weighted by atomic mass is 10.0. The molecule has 0 aliphatic carbocycles. The number of pyridine rings is 1. The van der Waals surface area contributed by atoms with Crippen LogP contribution in [0.3, 0.4) is 0 Å². The lowest BCUT2D eigenvalue weighted by molar-refractivity contribution is 0.455. The number of nitrogens with zero attached hydrogens (tertiary/aromatic N) is 1. The molecule has 0 saturated carbocycles. The summed E-state index contributed by atoms with van der Waals surface area (Å²) < 4.78 is 0. The van der Waals surface area contributed by atoms with Crippen LogP contribution in [0.25, 0.3) is 22.0 Å². The molecule has 2 nitrogen and oxygen atoms in total. The van der Waals surface area contributed by atoms with E-state index in [1.807, 2.05) is 54.6 Å². The molecule has 0 fully saturated rings. The van der Waals surface area contributed by atoms with Crippen molar-refractivity contribution in [1.29, 1.82) is 0 Å². The van der Waals surface area contributed by atoms with Gasteiger partial charge in [0.05, 0.1) is 11.6 Å². The van der Waals surface area contributed by atoms with E-state index >= 15 is 0 Å². The van der Waals surface area contributed by atoms with Crippen LogP contribution in [0.1, 0.15) is 0 Å². The van der Waals surface area contributed by atoms with E-state index in [-0.39, 0.29) is 5.88 Å². The summed E-state index contributed by atoms with van der Waals surface area (Å²) in [4.78, 5) is 4.06. The Morgan fingerprint density at radius 3 is 2.41 bits per heavy atom. The second-order valence-corrected chi connectivity index (χ2v) is 3.82. The third kappa shape index (κ3) is 1.74. The highest BCUT2D eigenvalue weighted by Gasteiger charge is 2.06. The van der Waals surface area contributed by atoms with Crippen molar-refractivity contribution in [2.24, 2.45) is 0 Å². The molecule has 0 atom stereocenters. The predicted octanol–water partition coefficient (Wildman–Crippen LogP) is 3.41. The maximum atomic E-state index is 9.61. The molecule has 1 N–H and O–H groups in total. The van der Waals surface area contributed by atoms with Gasteiger partial charge in [-0.2, -0.15) is 0 Å². The zero-order valence-electron chi connectivity index (χ0n) is 9.09. The van der Waals surface area contributed by atoms with Crippen LogP contribution in [-0.2, 0) is 0 Å². The average Bonchev–Trinajstić information content (AvgIpc) is 2.39. The van der Waals surface area contributed by atoms with E-state index in [0.717, 1.165) is 22.0 Å². The highest BCUT2D eigenvalue weighted by atomic mass is 16.3. The number of aromatic hydroxyl groups is 1. The van der Waals surface area contributed by atoms with Crippen molar-refractivity contribution in [3.8, 4) is 17.0 Å². The first-order valence-corrected chi connectivity index (χ1v) is 5.41. The molecular formula is C15H10NO. The Labute approximate surface area is 99.2 Å². The van der Waals surface area contributed by atoms with Gasteiger partial charge in [0, 0.05) is 10.9 Å². The van der Waals surface area contributed by atoms with Gasteiger partial charge in [0.1, 0.15) is 0 Å². The molecule has 1 heterocycles. The molecule has 2 aromatic carbocycles. The Morgan fingerprint density at radius 1 is 0.882 bits per heavy atom. The molecule has 0 aliphatic rings. The van der Waals surface area contributed by atoms with Gasteiger partial charge in [-0.15, -0.1) is 0 Å². The van der Waals surface area contributed by atoms with Crippen LogP contribution in [0.4, 0.5) is 0 Å². The van der Waals surface area contributed by atoms with E-state index in [1.54, 1.807) is 0 Å². The van der Waals surface area contributed by atoms with Gasteiger partial charge < -0.3 is 5.11 Å². The minimum Gasteiger partial charge on any atom is -0.493 e. The molecule has 1 radical (unpaired) electrons. The van der Waals surface area contributed by atoms with E-state index in [4.69, 9.17) is 0 Å². The highest BCUT2D eigenvalue weighted by molar-refractivity contribution is 5.94. The number of aromatic nitrogens is 1. The summed E-state index contributed by atoms with van der Waals surface area (Å²) in [6.45, 7) is 0. The Kier molecular flexibility index (Phi) is 2.26. The number of benzene rings is 2. The molecular weight excluding hydrogens is 210 g/mol. The van der Waals surface area contributed by atoms with Gasteiger partial charge in [-0.05, 0) is 11.6 Å². The van der Waals surface area contributed by atoms with Crippen LogP contribution < -0.4 is 0 Å². The van der Waals surface area contributed by atoms with E-state index in [1.165, 1.54) is 0 Å². The summed E-state index contributed by atoms with van der Waals surface area (Å²) in [7, 11) is 0. The van der Waals surface area contributed by atoms with Crippen LogP contribution in [0, 0.1) is 6.07 Å². The zero-order valence-corrected chi connectivity index (χ0v) is 9.09. The van der Waals surface area contributed by atoms with E-state index < -0.39 is 0 Å². The van der Waals surface area contributed by atoms with Gasteiger partial charge in [-0.25, -0.2) is 4.98 Å². The van der Waals surface area contributed by atoms with Crippen molar-refractivity contribution in [3.05, 3.63) is 60.7 Å². The van der Waals surface area contributed by atoms with Crippen LogP contribution >= 0.6 is 0 Å². The minimum atomic E-state index is -0.0671. The number of para-hydroxylation sites is 1. The quantitative estimate of drug-likeness (QED) is 0.681. The fourth-order valence-electron chi connectivity index (χ4n) is 1.94. The fraction of sp³-hybridized carbons (Fsp3) is 0. The summed E-state index contributed by atoms with van der Waals surface area (Å²) in [5.41, 5.74) is 2.69. The Balaban J connectivity index is 2.36. The van der Waals surface area contributed by atoms with Crippen molar-refractivity contribution in [1.82, 2.24) is 4.98 Å². The van der Waals surface area contributed by atoms with E-state index in [0.29, 0.717) is 0 Å². The zero-order chi connectivity index (χ0) is 11.7. The Morgan fingerprint density at radius 2 is 1.59 bits per heavy atom. The lowest BCUT2D eigenvalue weighted by Gasteiger charge is -2.06. The molecule has 0 unspecified atom stereocenters. The molecule has 3 rings (SSSR count). The maximum Gasteiger partial charge on any atom is 0.220 e. The number of hydrogen-bond donors (Lipinski definition) is 1. The first kappa shape index (κ1) is 9.85. The molecule has 0 amide bonds. The third-order valence-corrected chi connectivity index (χ3v) is 2.70. The molecule has 1 aromatic heterocycles. The van der Waals surface area contributed by atoms with Gasteiger partial charge in [0.25, 0.3) is 0 Å². The second kappa shape index (κ2) is 3.91. The van der Waals surface area contributed by atoms with Crippen LogP contribution in [0.5, 0.6) is 5.88 Å². The summed E-state index contributed by atoms with van der Waals surface area (Å²) in [6, 6.07) is 20.5. The summed E-state index contributed by atoms with van der Waals surface area (Å²) in [6.07, 6.45) is 0. The van der Waals surface area contributed by atoms with Crippen molar-refractivity contribution in [3.63, 3.8) is 0 Å². The molecule has 3 aromatic rings. The summed E-state index contributed by atoms with van der Waals surface area (Å²) in [5, 5.41) is 10.6. The predicted molar refractivity (Wildman–Crippen MR) is 67.7 cm³/mol. The minimum absolute atomic E-state index is 0.0671. The van der Waals surface area contributed by atoms with Gasteiger partial charge >= 0.3 is 0 Å². The average molecular weight is 220 g/mol. The number of fused-ring (bicyclic) bond motifs is 1. The Hall–Kier alpha value is -2.35. The van der Waals surface area contributed by atoms with Gasteiger partial charge in [-0.3, -0.25) is 0 Å². The van der Waals surface area contributed by atoms with Crippen molar-refractivity contribution in [2.45, 2.75) is 0 Å². The molecule has 0 bridgehead atoms. The van der Waals surface area contributed by atoms with E-state index in [9.17, 15) is 5.11 Å². The largest absolute Gasteiger partial charge is 0.493 e.